The lowest BCUT2D eigenvalue weighted by Gasteiger charge is -2.41. The molecule has 6 N–H and O–H groups in total. The van der Waals surface area contributed by atoms with Gasteiger partial charge >= 0.3 is 19.8 Å². The number of ether oxygens (including phenoxy) is 2. The van der Waals surface area contributed by atoms with E-state index in [1.165, 1.54) is 116 Å². The Kier molecular flexibility index (Phi) is 32.8. The zero-order chi connectivity index (χ0) is 42.9. The summed E-state index contributed by atoms with van der Waals surface area (Å²) in [6.07, 6.45) is 24.0. The summed E-state index contributed by atoms with van der Waals surface area (Å²) in [5, 5.41) is 50.1. The Morgan fingerprint density at radius 2 is 0.966 bits per heavy atom. The highest BCUT2D eigenvalue weighted by molar-refractivity contribution is 7.47. The number of esters is 2. The Morgan fingerprint density at radius 3 is 1.47 bits per heavy atom. The van der Waals surface area contributed by atoms with Crippen molar-refractivity contribution >= 4 is 19.8 Å². The lowest BCUT2D eigenvalue weighted by molar-refractivity contribution is -0.220. The van der Waals surface area contributed by atoms with E-state index < -0.39 is 75.7 Å². The molecule has 1 aliphatic rings. The minimum absolute atomic E-state index is 0.00649. The minimum Gasteiger partial charge on any atom is -0.462 e. The van der Waals surface area contributed by atoms with Gasteiger partial charge in [0, 0.05) is 12.8 Å². The van der Waals surface area contributed by atoms with Gasteiger partial charge in [-0.05, 0) is 32.1 Å². The van der Waals surface area contributed by atoms with E-state index >= 15 is 0 Å². The molecule has 8 atom stereocenters. The Morgan fingerprint density at radius 1 is 0.534 bits per heavy atom. The van der Waals surface area contributed by atoms with E-state index in [0.29, 0.717) is 12.8 Å². The van der Waals surface area contributed by atoms with Crippen LogP contribution >= 0.6 is 7.82 Å². The van der Waals surface area contributed by atoms with Crippen LogP contribution in [0.1, 0.15) is 187 Å². The molecule has 13 nitrogen and oxygen atoms in total. The van der Waals surface area contributed by atoms with Gasteiger partial charge in [0.2, 0.25) is 0 Å². The van der Waals surface area contributed by atoms with Crippen LogP contribution < -0.4 is 0 Å². The fourth-order valence-electron chi connectivity index (χ4n) is 6.87. The lowest BCUT2D eigenvalue weighted by Crippen LogP contribution is -2.64. The van der Waals surface area contributed by atoms with Crippen molar-refractivity contribution in [2.75, 3.05) is 13.2 Å². The molecule has 0 aromatic carbocycles. The average Bonchev–Trinajstić information content (AvgIpc) is 3.20. The Labute approximate surface area is 349 Å². The molecule has 1 aliphatic carbocycles. The normalized spacial score (nSPS) is 22.7. The maximum absolute atomic E-state index is 12.8. The lowest BCUT2D eigenvalue weighted by atomic mass is 9.85. The van der Waals surface area contributed by atoms with E-state index in [9.17, 15) is 44.6 Å². The number of allylic oxidation sites excluding steroid dienone is 4. The number of hydrogen-bond donors (Lipinski definition) is 6. The average molecular weight is 849 g/mol. The van der Waals surface area contributed by atoms with Crippen molar-refractivity contribution in [1.29, 1.82) is 0 Å². The number of unbranched alkanes of at least 4 members (excludes halogenated alkanes) is 21. The molecule has 0 saturated heterocycles. The molecule has 0 spiro atoms. The molecular weight excluding hydrogens is 767 g/mol. The first-order valence-corrected chi connectivity index (χ1v) is 24.1. The molecule has 58 heavy (non-hydrogen) atoms. The van der Waals surface area contributed by atoms with E-state index in [4.69, 9.17) is 18.5 Å². The van der Waals surface area contributed by atoms with Crippen LogP contribution in [0.3, 0.4) is 0 Å². The van der Waals surface area contributed by atoms with Gasteiger partial charge in [0.15, 0.2) is 6.10 Å². The van der Waals surface area contributed by atoms with Crippen LogP contribution in [0.25, 0.3) is 0 Å². The fourth-order valence-corrected chi connectivity index (χ4v) is 7.84. The molecule has 1 fully saturated rings. The second kappa shape index (κ2) is 35.0. The predicted octanol–water partition coefficient (Wildman–Crippen LogP) is 8.45. The molecule has 0 aliphatic heterocycles. The summed E-state index contributed by atoms with van der Waals surface area (Å²) < 4.78 is 33.4. The van der Waals surface area contributed by atoms with E-state index in [1.807, 2.05) is 12.2 Å². The molecule has 14 heteroatoms. The largest absolute Gasteiger partial charge is 0.472 e. The maximum atomic E-state index is 12.8. The van der Waals surface area contributed by atoms with Crippen molar-refractivity contribution in [2.45, 2.75) is 230 Å². The SMILES string of the molecule is CCCCCCCC/C=C/C/C=C/CCC(=O)OC(COC(=O)CCCCCCCCCCCCCCCCCC)COP(=O)(O)OC1C(O)C(O)C(O)[C@H](O)C1O. The van der Waals surface area contributed by atoms with Crippen LogP contribution in [0.4, 0.5) is 0 Å². The summed E-state index contributed by atoms with van der Waals surface area (Å²) in [5.74, 6) is -1.17. The third-order valence-corrected chi connectivity index (χ3v) is 11.5. The van der Waals surface area contributed by atoms with Crippen LogP contribution in [0.15, 0.2) is 24.3 Å². The van der Waals surface area contributed by atoms with Crippen molar-refractivity contribution in [1.82, 2.24) is 0 Å². The summed E-state index contributed by atoms with van der Waals surface area (Å²) in [5.41, 5.74) is 0. The number of aliphatic hydroxyl groups is 5. The van der Waals surface area contributed by atoms with Crippen LogP contribution in [0, 0.1) is 0 Å². The number of hydrogen-bond acceptors (Lipinski definition) is 12. The Bertz CT molecular complexity index is 1120. The predicted molar refractivity (Wildman–Crippen MR) is 226 cm³/mol. The number of rotatable bonds is 37. The molecule has 1 saturated carbocycles. The molecule has 0 heterocycles. The number of phosphoric acid groups is 1. The topological polar surface area (TPSA) is 210 Å². The molecule has 0 aromatic heterocycles. The van der Waals surface area contributed by atoms with Crippen LogP contribution in [0.5, 0.6) is 0 Å². The first-order valence-electron chi connectivity index (χ1n) is 22.6. The van der Waals surface area contributed by atoms with Crippen molar-refractivity contribution in [3.63, 3.8) is 0 Å². The molecule has 0 amide bonds. The fraction of sp³-hybridized carbons (Fsp3) is 0.864. The molecule has 0 aromatic rings. The number of carbonyl (C=O) groups excluding carboxylic acids is 2. The monoisotopic (exact) mass is 849 g/mol. The summed E-state index contributed by atoms with van der Waals surface area (Å²) in [6.45, 7) is 3.24. The summed E-state index contributed by atoms with van der Waals surface area (Å²) >= 11 is 0. The smallest absolute Gasteiger partial charge is 0.462 e. The van der Waals surface area contributed by atoms with Gasteiger partial charge in [-0.15, -0.1) is 0 Å². The third-order valence-electron chi connectivity index (χ3n) is 10.6. The van der Waals surface area contributed by atoms with Crippen molar-refractivity contribution in [3.05, 3.63) is 24.3 Å². The second-order valence-corrected chi connectivity index (χ2v) is 17.3. The molecule has 340 valence electrons. The number of carbonyl (C=O) groups is 2. The number of phosphoric ester groups is 1. The zero-order valence-corrected chi connectivity index (χ0v) is 36.7. The first kappa shape index (κ1) is 54.3. The van der Waals surface area contributed by atoms with Crippen molar-refractivity contribution in [3.8, 4) is 0 Å². The van der Waals surface area contributed by atoms with Gasteiger partial charge in [-0.1, -0.05) is 167 Å². The second-order valence-electron chi connectivity index (χ2n) is 15.9. The van der Waals surface area contributed by atoms with E-state index in [0.717, 1.165) is 32.1 Å². The first-order chi connectivity index (χ1) is 27.9. The van der Waals surface area contributed by atoms with Gasteiger partial charge in [0.25, 0.3) is 0 Å². The van der Waals surface area contributed by atoms with E-state index in [-0.39, 0.29) is 12.8 Å². The van der Waals surface area contributed by atoms with Crippen molar-refractivity contribution < 1.29 is 63.1 Å². The van der Waals surface area contributed by atoms with Gasteiger partial charge in [0.05, 0.1) is 6.61 Å². The van der Waals surface area contributed by atoms with Gasteiger partial charge in [-0.25, -0.2) is 4.57 Å². The highest BCUT2D eigenvalue weighted by Gasteiger charge is 2.51. The van der Waals surface area contributed by atoms with Gasteiger partial charge < -0.3 is 39.9 Å². The summed E-state index contributed by atoms with van der Waals surface area (Å²) in [4.78, 5) is 35.6. The summed E-state index contributed by atoms with van der Waals surface area (Å²) in [6, 6.07) is 0. The Hall–Kier alpha value is -1.67. The van der Waals surface area contributed by atoms with Crippen LogP contribution in [-0.2, 0) is 32.7 Å². The van der Waals surface area contributed by atoms with Gasteiger partial charge in [-0.2, -0.15) is 0 Å². The highest BCUT2D eigenvalue weighted by Crippen LogP contribution is 2.47. The standard InChI is InChI=1S/C44H81O13P/c1-3-5-7-9-11-13-15-17-18-19-21-22-24-26-28-30-32-37(45)54-34-36(35-55-58(52,53)57-44-42(50)40(48)39(47)41(49)43(44)51)56-38(46)33-31-29-27-25-23-20-16-14-12-10-8-6-4-2/h20,23,27,29,36,39-44,47-51H,3-19,21-22,24-26,28,30-35H2,1-2H3,(H,52,53)/b23-20+,29-27+/t36?,39?,40-,41?,42?,43?,44?/m0/s1. The van der Waals surface area contributed by atoms with Crippen LogP contribution in [0.2, 0.25) is 0 Å². The highest BCUT2D eigenvalue weighted by atomic mass is 31.2. The van der Waals surface area contributed by atoms with Crippen molar-refractivity contribution in [2.24, 2.45) is 0 Å². The number of aliphatic hydroxyl groups excluding tert-OH is 5. The molecule has 0 radical (unpaired) electrons. The molecule has 1 rings (SSSR count). The molecular formula is C44H81O13P. The van der Waals surface area contributed by atoms with Gasteiger partial charge in [-0.3, -0.25) is 18.6 Å². The zero-order valence-electron chi connectivity index (χ0n) is 35.8. The van der Waals surface area contributed by atoms with E-state index in [1.54, 1.807) is 0 Å². The molecule has 7 unspecified atom stereocenters. The minimum atomic E-state index is -5.12. The van der Waals surface area contributed by atoms with Crippen LogP contribution in [-0.4, -0.2) is 98.3 Å². The van der Waals surface area contributed by atoms with E-state index in [2.05, 4.69) is 26.0 Å². The quantitative estimate of drug-likeness (QED) is 0.0150. The third kappa shape index (κ3) is 27.2. The Balaban J connectivity index is 2.49. The van der Waals surface area contributed by atoms with Gasteiger partial charge in [0.1, 0.15) is 43.2 Å². The summed E-state index contributed by atoms with van der Waals surface area (Å²) in [7, 11) is -5.12. The molecule has 0 bridgehead atoms. The maximum Gasteiger partial charge on any atom is 0.472 e.